The first kappa shape index (κ1) is 12.3. The first-order chi connectivity index (χ1) is 8.15. The predicted molar refractivity (Wildman–Crippen MR) is 68.6 cm³/mol. The number of ether oxygens (including phenoxy) is 2. The van der Waals surface area contributed by atoms with E-state index in [-0.39, 0.29) is 5.92 Å². The van der Waals surface area contributed by atoms with Crippen molar-refractivity contribution in [1.29, 1.82) is 5.26 Å². The van der Waals surface area contributed by atoms with Gasteiger partial charge < -0.3 is 9.47 Å². The van der Waals surface area contributed by atoms with Gasteiger partial charge in [-0.25, -0.2) is 0 Å². The summed E-state index contributed by atoms with van der Waals surface area (Å²) in [5.41, 5.74) is 1.59. The average Bonchev–Trinajstić information content (AvgIpc) is 2.53. The smallest absolute Gasteiger partial charge is 0.175 e. The second kappa shape index (κ2) is 4.97. The number of hydrogen-bond acceptors (Lipinski definition) is 3. The molecule has 17 heavy (non-hydrogen) atoms. The normalized spacial score (nSPS) is 14.3. The maximum absolute atomic E-state index is 9.20. The molecule has 1 aromatic carbocycles. The topological polar surface area (TPSA) is 42.2 Å². The maximum Gasteiger partial charge on any atom is 0.175 e. The third-order valence-electron chi connectivity index (χ3n) is 2.71. The molecular weight excluding hydrogens is 282 g/mol. The molecule has 0 aromatic heterocycles. The average molecular weight is 296 g/mol. The lowest BCUT2D eigenvalue weighted by Crippen LogP contribution is -2.02. The minimum Gasteiger partial charge on any atom is -0.489 e. The van der Waals surface area contributed by atoms with E-state index >= 15 is 0 Å². The molecule has 0 N–H and O–H groups in total. The van der Waals surface area contributed by atoms with Crippen LogP contribution in [0.15, 0.2) is 10.5 Å². The zero-order chi connectivity index (χ0) is 12.4. The quantitative estimate of drug-likeness (QED) is 0.795. The molecule has 0 unspecified atom stereocenters. The lowest BCUT2D eigenvalue weighted by Gasteiger charge is -2.17. The molecule has 0 saturated carbocycles. The zero-order valence-corrected chi connectivity index (χ0v) is 11.5. The van der Waals surface area contributed by atoms with Gasteiger partial charge in [-0.15, -0.1) is 0 Å². The van der Waals surface area contributed by atoms with Crippen LogP contribution in [0.5, 0.6) is 11.5 Å². The fraction of sp³-hybridized carbons (Fsp3) is 0.462. The molecule has 2 rings (SSSR count). The molecule has 3 nitrogen and oxygen atoms in total. The van der Waals surface area contributed by atoms with Crippen molar-refractivity contribution >= 4 is 15.9 Å². The number of rotatable bonds is 1. The lowest BCUT2D eigenvalue weighted by molar-refractivity contribution is 0.295. The van der Waals surface area contributed by atoms with Crippen molar-refractivity contribution in [2.45, 2.75) is 26.2 Å². The summed E-state index contributed by atoms with van der Waals surface area (Å²) in [6, 6.07) is 4.03. The first-order valence-corrected chi connectivity index (χ1v) is 6.46. The molecule has 1 aliphatic rings. The van der Waals surface area contributed by atoms with Crippen LogP contribution in [-0.4, -0.2) is 13.2 Å². The first-order valence-electron chi connectivity index (χ1n) is 5.67. The summed E-state index contributed by atoms with van der Waals surface area (Å²) in [6.07, 6.45) is 0.862. The van der Waals surface area contributed by atoms with E-state index in [1.807, 2.05) is 6.07 Å². The van der Waals surface area contributed by atoms with Crippen LogP contribution in [0.3, 0.4) is 0 Å². The summed E-state index contributed by atoms with van der Waals surface area (Å²) in [4.78, 5) is 0. The van der Waals surface area contributed by atoms with Crippen LogP contribution >= 0.6 is 15.9 Å². The number of fused-ring (bicyclic) bond motifs is 1. The van der Waals surface area contributed by atoms with Crippen molar-refractivity contribution in [3.8, 4) is 17.6 Å². The molecule has 0 radical (unpaired) electrons. The monoisotopic (exact) mass is 295 g/mol. The largest absolute Gasteiger partial charge is 0.489 e. The Kier molecular flexibility index (Phi) is 3.58. The van der Waals surface area contributed by atoms with Crippen molar-refractivity contribution < 1.29 is 9.47 Å². The number of benzene rings is 1. The standard InChI is InChI=1S/C13H14BrNO2/c1-8(2)11-9(7-15)6-10(14)12-13(11)17-5-3-4-16-12/h6,8H,3-5H2,1-2H3. The summed E-state index contributed by atoms with van der Waals surface area (Å²) in [5, 5.41) is 9.20. The van der Waals surface area contributed by atoms with Gasteiger partial charge in [0, 0.05) is 12.0 Å². The van der Waals surface area contributed by atoms with E-state index in [4.69, 9.17) is 9.47 Å². The van der Waals surface area contributed by atoms with Gasteiger partial charge in [0.15, 0.2) is 11.5 Å². The second-order valence-corrected chi connectivity index (χ2v) is 5.15. The van der Waals surface area contributed by atoms with Crippen LogP contribution in [-0.2, 0) is 0 Å². The Morgan fingerprint density at radius 1 is 1.29 bits per heavy atom. The van der Waals surface area contributed by atoms with E-state index in [1.54, 1.807) is 0 Å². The van der Waals surface area contributed by atoms with Crippen LogP contribution in [0, 0.1) is 11.3 Å². The molecule has 0 aliphatic carbocycles. The number of hydrogen-bond donors (Lipinski definition) is 0. The van der Waals surface area contributed by atoms with Gasteiger partial charge in [-0.1, -0.05) is 13.8 Å². The number of nitrogens with zero attached hydrogens (tertiary/aromatic N) is 1. The van der Waals surface area contributed by atoms with Gasteiger partial charge in [0.05, 0.1) is 29.3 Å². The molecule has 0 atom stereocenters. The van der Waals surface area contributed by atoms with Gasteiger partial charge in [0.1, 0.15) is 0 Å². The van der Waals surface area contributed by atoms with Crippen molar-refractivity contribution in [3.63, 3.8) is 0 Å². The van der Waals surface area contributed by atoms with Crippen LogP contribution in [0.1, 0.15) is 37.3 Å². The Balaban J connectivity index is 2.67. The highest BCUT2D eigenvalue weighted by molar-refractivity contribution is 9.10. The van der Waals surface area contributed by atoms with Crippen LogP contribution in [0.4, 0.5) is 0 Å². The van der Waals surface area contributed by atoms with Crippen molar-refractivity contribution in [3.05, 3.63) is 21.7 Å². The van der Waals surface area contributed by atoms with Gasteiger partial charge in [0.25, 0.3) is 0 Å². The summed E-state index contributed by atoms with van der Waals surface area (Å²) < 4.78 is 12.2. The SMILES string of the molecule is CC(C)c1c(C#N)cc(Br)c2c1OCCCO2. The molecule has 1 heterocycles. The minimum absolute atomic E-state index is 0.230. The molecule has 0 bridgehead atoms. The fourth-order valence-electron chi connectivity index (χ4n) is 1.97. The second-order valence-electron chi connectivity index (χ2n) is 4.29. The highest BCUT2D eigenvalue weighted by Gasteiger charge is 2.23. The summed E-state index contributed by atoms with van der Waals surface area (Å²) >= 11 is 3.44. The summed E-state index contributed by atoms with van der Waals surface area (Å²) in [6.45, 7) is 5.39. The highest BCUT2D eigenvalue weighted by Crippen LogP contribution is 2.44. The van der Waals surface area contributed by atoms with Crippen LogP contribution in [0.2, 0.25) is 0 Å². The Morgan fingerprint density at radius 2 is 1.94 bits per heavy atom. The fourth-order valence-corrected chi connectivity index (χ4v) is 2.50. The van der Waals surface area contributed by atoms with Crippen LogP contribution < -0.4 is 9.47 Å². The number of halogens is 1. The Hall–Kier alpha value is -1.21. The third kappa shape index (κ3) is 2.25. The predicted octanol–water partition coefficient (Wildman–Crippen LogP) is 3.61. The molecule has 0 spiro atoms. The third-order valence-corrected chi connectivity index (χ3v) is 3.30. The molecule has 4 heteroatoms. The highest BCUT2D eigenvalue weighted by atomic mass is 79.9. The molecule has 1 aliphatic heterocycles. The van der Waals surface area contributed by atoms with E-state index < -0.39 is 0 Å². The van der Waals surface area contributed by atoms with E-state index in [0.29, 0.717) is 18.8 Å². The molecule has 1 aromatic rings. The molecular formula is C13H14BrNO2. The van der Waals surface area contributed by atoms with Gasteiger partial charge in [-0.05, 0) is 27.9 Å². The maximum atomic E-state index is 9.20. The summed E-state index contributed by atoms with van der Waals surface area (Å²) in [5.74, 6) is 1.68. The van der Waals surface area contributed by atoms with Gasteiger partial charge in [-0.2, -0.15) is 5.26 Å². The van der Waals surface area contributed by atoms with E-state index in [2.05, 4.69) is 35.8 Å². The van der Waals surface area contributed by atoms with Crippen molar-refractivity contribution in [2.24, 2.45) is 0 Å². The molecule has 0 saturated heterocycles. The van der Waals surface area contributed by atoms with Crippen molar-refractivity contribution in [1.82, 2.24) is 0 Å². The van der Waals surface area contributed by atoms with Gasteiger partial charge in [-0.3, -0.25) is 0 Å². The molecule has 90 valence electrons. The molecule has 0 amide bonds. The van der Waals surface area contributed by atoms with Gasteiger partial charge in [0.2, 0.25) is 0 Å². The lowest BCUT2D eigenvalue weighted by atomic mass is 9.96. The Labute approximate surface area is 109 Å². The summed E-state index contributed by atoms with van der Waals surface area (Å²) in [7, 11) is 0. The Bertz CT molecular complexity index is 477. The van der Waals surface area contributed by atoms with E-state index in [1.165, 1.54) is 0 Å². The number of nitriles is 1. The van der Waals surface area contributed by atoms with E-state index in [9.17, 15) is 5.26 Å². The van der Waals surface area contributed by atoms with Crippen molar-refractivity contribution in [2.75, 3.05) is 13.2 Å². The van der Waals surface area contributed by atoms with Gasteiger partial charge >= 0.3 is 0 Å². The minimum atomic E-state index is 0.230. The zero-order valence-electron chi connectivity index (χ0n) is 9.92. The van der Waals surface area contributed by atoms with E-state index in [0.717, 1.165) is 28.0 Å². The van der Waals surface area contributed by atoms with Crippen LogP contribution in [0.25, 0.3) is 0 Å². The molecule has 0 fully saturated rings. The Morgan fingerprint density at radius 3 is 2.53 bits per heavy atom.